The van der Waals surface area contributed by atoms with Crippen LogP contribution in [0.4, 0.5) is 5.13 Å². The molecule has 2 aromatic heterocycles. The molecule has 1 atom stereocenters. The molecule has 118 valence electrons. The molecule has 0 aliphatic heterocycles. The molecule has 8 nitrogen and oxygen atoms in total. The highest BCUT2D eigenvalue weighted by atomic mass is 32.1. The lowest BCUT2D eigenvalue weighted by Gasteiger charge is -2.16. The molecule has 0 radical (unpaired) electrons. The molecule has 3 N–H and O–H groups in total. The number of anilines is 1. The van der Waals surface area contributed by atoms with Crippen molar-refractivity contribution in [3.63, 3.8) is 0 Å². The largest absolute Gasteiger partial charge is 0.374 e. The van der Waals surface area contributed by atoms with E-state index in [0.717, 1.165) is 5.56 Å². The number of carbonyl (C=O) groups excluding carboxylic acids is 1. The second kappa shape index (κ2) is 6.97. The van der Waals surface area contributed by atoms with Gasteiger partial charge in [-0.2, -0.15) is 5.10 Å². The summed E-state index contributed by atoms with van der Waals surface area (Å²) in [5.41, 5.74) is 6.59. The zero-order chi connectivity index (χ0) is 16.1. The minimum absolute atomic E-state index is 0.108. The molecule has 0 saturated carbocycles. The van der Waals surface area contributed by atoms with E-state index in [9.17, 15) is 4.79 Å². The van der Waals surface area contributed by atoms with Crippen LogP contribution in [0.5, 0.6) is 0 Å². The van der Waals surface area contributed by atoms with Crippen molar-refractivity contribution in [2.45, 2.75) is 19.0 Å². The summed E-state index contributed by atoms with van der Waals surface area (Å²) < 4.78 is 1.61. The van der Waals surface area contributed by atoms with Gasteiger partial charge in [0.1, 0.15) is 23.7 Å². The maximum atomic E-state index is 12.3. The normalized spacial score (nSPS) is 12.0. The van der Waals surface area contributed by atoms with E-state index < -0.39 is 0 Å². The third-order valence-corrected chi connectivity index (χ3v) is 3.99. The second-order valence-corrected chi connectivity index (χ2v) is 5.84. The van der Waals surface area contributed by atoms with Crippen molar-refractivity contribution in [1.29, 1.82) is 0 Å². The Balaban J connectivity index is 1.72. The maximum Gasteiger partial charge on any atom is 0.222 e. The number of benzene rings is 1. The van der Waals surface area contributed by atoms with E-state index in [1.165, 1.54) is 17.7 Å². The van der Waals surface area contributed by atoms with Crippen molar-refractivity contribution in [1.82, 2.24) is 30.3 Å². The number of hydrogen-bond donors (Lipinski definition) is 2. The zero-order valence-electron chi connectivity index (χ0n) is 12.2. The number of amides is 1. The van der Waals surface area contributed by atoms with E-state index in [1.807, 2.05) is 30.3 Å². The molecule has 1 amide bonds. The molecule has 1 aromatic carbocycles. The van der Waals surface area contributed by atoms with Crippen LogP contribution in [0.1, 0.15) is 23.0 Å². The van der Waals surface area contributed by atoms with Gasteiger partial charge in [0, 0.05) is 6.42 Å². The number of nitrogens with zero attached hydrogens (tertiary/aromatic N) is 5. The molecule has 3 aromatic rings. The second-order valence-electron chi connectivity index (χ2n) is 4.80. The van der Waals surface area contributed by atoms with E-state index in [0.29, 0.717) is 23.1 Å². The molecule has 0 fully saturated rings. The first-order chi connectivity index (χ1) is 11.2. The van der Waals surface area contributed by atoms with Gasteiger partial charge < -0.3 is 11.1 Å². The van der Waals surface area contributed by atoms with Crippen LogP contribution in [-0.2, 0) is 11.3 Å². The number of nitrogen functional groups attached to an aromatic ring is 1. The molecular formula is C14H15N7OS. The summed E-state index contributed by atoms with van der Waals surface area (Å²) in [5, 5.41) is 15.9. The Bertz CT molecular complexity index is 757. The lowest BCUT2D eigenvalue weighted by Crippen LogP contribution is -2.30. The smallest absolute Gasteiger partial charge is 0.222 e. The quantitative estimate of drug-likeness (QED) is 0.698. The predicted molar refractivity (Wildman–Crippen MR) is 85.4 cm³/mol. The molecule has 0 aliphatic carbocycles. The third-order valence-electron chi connectivity index (χ3n) is 3.18. The van der Waals surface area contributed by atoms with Gasteiger partial charge in [-0.05, 0) is 5.56 Å². The summed E-state index contributed by atoms with van der Waals surface area (Å²) in [6.07, 6.45) is 3.31. The average Bonchev–Trinajstić information content (AvgIpc) is 3.23. The van der Waals surface area contributed by atoms with Crippen LogP contribution >= 0.6 is 11.3 Å². The summed E-state index contributed by atoms with van der Waals surface area (Å²) in [6.45, 7) is 0.464. The average molecular weight is 329 g/mol. The predicted octanol–water partition coefficient (Wildman–Crippen LogP) is 1.01. The molecule has 0 aliphatic rings. The van der Waals surface area contributed by atoms with Crippen molar-refractivity contribution in [3.05, 3.63) is 53.6 Å². The fraction of sp³-hybridized carbons (Fsp3) is 0.214. The Morgan fingerprint density at radius 2 is 2.13 bits per heavy atom. The van der Waals surface area contributed by atoms with E-state index in [2.05, 4.69) is 25.6 Å². The van der Waals surface area contributed by atoms with E-state index in [4.69, 9.17) is 5.73 Å². The number of aryl methyl sites for hydroxylation is 1. The molecule has 2 heterocycles. The van der Waals surface area contributed by atoms with Crippen LogP contribution in [0, 0.1) is 0 Å². The molecule has 3 rings (SSSR count). The summed E-state index contributed by atoms with van der Waals surface area (Å²) >= 11 is 1.26. The van der Waals surface area contributed by atoms with Crippen molar-refractivity contribution >= 4 is 22.4 Å². The molecule has 0 unspecified atom stereocenters. The fourth-order valence-corrected chi connectivity index (χ4v) is 2.78. The zero-order valence-corrected chi connectivity index (χ0v) is 13.0. The number of rotatable bonds is 6. The highest BCUT2D eigenvalue weighted by Gasteiger charge is 2.20. The van der Waals surface area contributed by atoms with Gasteiger partial charge in [-0.15, -0.1) is 10.2 Å². The SMILES string of the molecule is Nc1nnc([C@H](NC(=O)CCn2cncn2)c2ccccc2)s1. The van der Waals surface area contributed by atoms with Gasteiger partial charge >= 0.3 is 0 Å². The topological polar surface area (TPSA) is 112 Å². The number of nitrogens with two attached hydrogens (primary N) is 1. The Kier molecular flexibility index (Phi) is 4.57. The Morgan fingerprint density at radius 3 is 2.78 bits per heavy atom. The molecule has 9 heteroatoms. The third kappa shape index (κ3) is 3.89. The van der Waals surface area contributed by atoms with Gasteiger partial charge in [0.15, 0.2) is 0 Å². The minimum atomic E-state index is -0.366. The molecule has 0 spiro atoms. The number of nitrogens with one attached hydrogen (secondary N) is 1. The van der Waals surface area contributed by atoms with Crippen LogP contribution in [-0.4, -0.2) is 30.9 Å². The lowest BCUT2D eigenvalue weighted by atomic mass is 10.1. The maximum absolute atomic E-state index is 12.3. The molecule has 0 saturated heterocycles. The van der Waals surface area contributed by atoms with Gasteiger partial charge in [0.25, 0.3) is 0 Å². The van der Waals surface area contributed by atoms with Crippen LogP contribution in [0.3, 0.4) is 0 Å². The minimum Gasteiger partial charge on any atom is -0.374 e. The van der Waals surface area contributed by atoms with E-state index >= 15 is 0 Å². The van der Waals surface area contributed by atoms with Crippen LogP contribution in [0.25, 0.3) is 0 Å². The monoisotopic (exact) mass is 329 g/mol. The fourth-order valence-electron chi connectivity index (χ4n) is 2.09. The Morgan fingerprint density at radius 1 is 1.30 bits per heavy atom. The highest BCUT2D eigenvalue weighted by Crippen LogP contribution is 2.25. The highest BCUT2D eigenvalue weighted by molar-refractivity contribution is 7.15. The lowest BCUT2D eigenvalue weighted by molar-refractivity contribution is -0.121. The summed E-state index contributed by atoms with van der Waals surface area (Å²) in [4.78, 5) is 16.1. The summed E-state index contributed by atoms with van der Waals surface area (Å²) in [7, 11) is 0. The molecule has 23 heavy (non-hydrogen) atoms. The van der Waals surface area contributed by atoms with Gasteiger partial charge in [0.05, 0.1) is 6.54 Å². The van der Waals surface area contributed by atoms with Crippen LogP contribution < -0.4 is 11.1 Å². The standard InChI is InChI=1S/C14H15N7OS/c15-14-20-19-13(23-14)12(10-4-2-1-3-5-10)18-11(22)6-7-21-9-16-8-17-21/h1-5,8-9,12H,6-7H2,(H2,15,20)(H,18,22)/t12-/m1/s1. The van der Waals surface area contributed by atoms with Gasteiger partial charge in [-0.3, -0.25) is 9.48 Å². The van der Waals surface area contributed by atoms with Crippen molar-refractivity contribution < 1.29 is 4.79 Å². The number of aromatic nitrogens is 5. The van der Waals surface area contributed by atoms with Crippen molar-refractivity contribution in [2.24, 2.45) is 0 Å². The molecular weight excluding hydrogens is 314 g/mol. The Labute approximate surface area is 136 Å². The van der Waals surface area contributed by atoms with Gasteiger partial charge in [-0.1, -0.05) is 41.7 Å². The van der Waals surface area contributed by atoms with Gasteiger partial charge in [0.2, 0.25) is 11.0 Å². The van der Waals surface area contributed by atoms with E-state index in [-0.39, 0.29) is 11.9 Å². The number of hydrogen-bond acceptors (Lipinski definition) is 7. The van der Waals surface area contributed by atoms with Crippen molar-refractivity contribution in [2.75, 3.05) is 5.73 Å². The summed E-state index contributed by atoms with van der Waals surface area (Å²) in [5.74, 6) is -0.108. The Hall–Kier alpha value is -2.81. The first-order valence-corrected chi connectivity index (χ1v) is 7.79. The first-order valence-electron chi connectivity index (χ1n) is 6.98. The first kappa shape index (κ1) is 15.1. The molecule has 0 bridgehead atoms. The number of carbonyl (C=O) groups is 1. The van der Waals surface area contributed by atoms with Crippen molar-refractivity contribution in [3.8, 4) is 0 Å². The van der Waals surface area contributed by atoms with Crippen LogP contribution in [0.2, 0.25) is 0 Å². The summed E-state index contributed by atoms with van der Waals surface area (Å²) in [6, 6.07) is 9.23. The van der Waals surface area contributed by atoms with E-state index in [1.54, 1.807) is 11.0 Å². The van der Waals surface area contributed by atoms with Crippen LogP contribution in [0.15, 0.2) is 43.0 Å². The van der Waals surface area contributed by atoms with Gasteiger partial charge in [-0.25, -0.2) is 4.98 Å².